The van der Waals surface area contributed by atoms with Gasteiger partial charge in [-0.2, -0.15) is 0 Å². The zero-order valence-electron chi connectivity index (χ0n) is 10.6. The molecular weight excluding hydrogens is 280 g/mol. The molecule has 0 saturated heterocycles. The van der Waals surface area contributed by atoms with Crippen molar-refractivity contribution in [1.29, 1.82) is 0 Å². The maximum Gasteiger partial charge on any atom is 0.310 e. The van der Waals surface area contributed by atoms with Gasteiger partial charge in [-0.1, -0.05) is 0 Å². The molecule has 1 heterocycles. The summed E-state index contributed by atoms with van der Waals surface area (Å²) in [4.78, 5) is 15.1. The molecule has 0 saturated carbocycles. The lowest BCUT2D eigenvalue weighted by molar-refractivity contribution is -0.142. The SMILES string of the molecule is CCOC(=O)Cc1cc(CCl)c(C(F)F)nc1OC. The lowest BCUT2D eigenvalue weighted by Gasteiger charge is -2.12. The smallest absolute Gasteiger partial charge is 0.310 e. The summed E-state index contributed by atoms with van der Waals surface area (Å²) >= 11 is 5.61. The number of rotatable bonds is 6. The summed E-state index contributed by atoms with van der Waals surface area (Å²) in [5, 5.41) is 0. The fraction of sp³-hybridized carbons (Fsp3) is 0.500. The molecule has 106 valence electrons. The minimum absolute atomic E-state index is 0.0165. The normalized spacial score (nSPS) is 10.6. The molecule has 1 rings (SSSR count). The van der Waals surface area contributed by atoms with Gasteiger partial charge in [0.15, 0.2) is 0 Å². The van der Waals surface area contributed by atoms with Gasteiger partial charge in [-0.25, -0.2) is 13.8 Å². The first-order chi connectivity index (χ1) is 9.03. The quantitative estimate of drug-likeness (QED) is 0.598. The zero-order chi connectivity index (χ0) is 14.4. The Hall–Kier alpha value is -1.43. The summed E-state index contributed by atoms with van der Waals surface area (Å²) in [6, 6.07) is 1.40. The van der Waals surface area contributed by atoms with Crippen molar-refractivity contribution in [1.82, 2.24) is 4.98 Å². The van der Waals surface area contributed by atoms with Gasteiger partial charge in [0.05, 0.1) is 20.1 Å². The molecule has 0 unspecified atom stereocenters. The highest BCUT2D eigenvalue weighted by Crippen LogP contribution is 2.28. The van der Waals surface area contributed by atoms with E-state index in [0.717, 1.165) is 0 Å². The van der Waals surface area contributed by atoms with Gasteiger partial charge >= 0.3 is 5.97 Å². The first-order valence-corrected chi connectivity index (χ1v) is 6.13. The number of hydrogen-bond acceptors (Lipinski definition) is 4. The van der Waals surface area contributed by atoms with Crippen LogP contribution in [0.2, 0.25) is 0 Å². The third kappa shape index (κ3) is 4.02. The number of methoxy groups -OCH3 is 1. The van der Waals surface area contributed by atoms with Crippen molar-refractivity contribution in [3.8, 4) is 5.88 Å². The van der Waals surface area contributed by atoms with Crippen LogP contribution >= 0.6 is 11.6 Å². The van der Waals surface area contributed by atoms with Crippen molar-refractivity contribution in [2.45, 2.75) is 25.7 Å². The fourth-order valence-electron chi connectivity index (χ4n) is 1.57. The summed E-state index contributed by atoms with van der Waals surface area (Å²) in [5.41, 5.74) is 0.122. The Morgan fingerprint density at radius 1 is 1.47 bits per heavy atom. The monoisotopic (exact) mass is 293 g/mol. The molecule has 0 spiro atoms. The minimum Gasteiger partial charge on any atom is -0.481 e. The van der Waals surface area contributed by atoms with Crippen molar-refractivity contribution < 1.29 is 23.0 Å². The zero-order valence-corrected chi connectivity index (χ0v) is 11.3. The summed E-state index contributed by atoms with van der Waals surface area (Å²) in [6.45, 7) is 1.92. The minimum atomic E-state index is -2.75. The summed E-state index contributed by atoms with van der Waals surface area (Å²) < 4.78 is 35.3. The Bertz CT molecular complexity index is 455. The van der Waals surface area contributed by atoms with Crippen LogP contribution in [0.3, 0.4) is 0 Å². The van der Waals surface area contributed by atoms with Crippen LogP contribution in [-0.2, 0) is 21.8 Å². The lowest BCUT2D eigenvalue weighted by Crippen LogP contribution is -2.11. The van der Waals surface area contributed by atoms with Crippen LogP contribution in [0.15, 0.2) is 6.07 Å². The van der Waals surface area contributed by atoms with Gasteiger partial charge in [-0.05, 0) is 18.6 Å². The first kappa shape index (κ1) is 15.6. The maximum atomic E-state index is 12.8. The Morgan fingerprint density at radius 3 is 2.63 bits per heavy atom. The number of alkyl halides is 3. The molecule has 0 aliphatic heterocycles. The van der Waals surface area contributed by atoms with E-state index in [0.29, 0.717) is 5.56 Å². The van der Waals surface area contributed by atoms with Crippen LogP contribution in [0, 0.1) is 0 Å². The highest BCUT2D eigenvalue weighted by Gasteiger charge is 2.20. The second-order valence-electron chi connectivity index (χ2n) is 3.62. The third-order valence-electron chi connectivity index (χ3n) is 2.36. The van der Waals surface area contributed by atoms with E-state index in [1.54, 1.807) is 6.92 Å². The molecule has 0 fully saturated rings. The molecule has 0 radical (unpaired) electrons. The predicted octanol–water partition coefficient (Wildman–Crippen LogP) is 2.87. The van der Waals surface area contributed by atoms with Crippen LogP contribution in [0.25, 0.3) is 0 Å². The third-order valence-corrected chi connectivity index (χ3v) is 2.65. The highest BCUT2D eigenvalue weighted by atomic mass is 35.5. The van der Waals surface area contributed by atoms with Crippen LogP contribution in [0.5, 0.6) is 5.88 Å². The standard InChI is InChI=1S/C12H14ClF2NO3/c1-3-19-9(17)5-7-4-8(6-13)10(11(14)15)16-12(7)18-2/h4,11H,3,5-6H2,1-2H3. The number of pyridine rings is 1. The molecule has 0 bridgehead atoms. The van der Waals surface area contributed by atoms with Crippen molar-refractivity contribution >= 4 is 17.6 Å². The maximum absolute atomic E-state index is 12.8. The molecule has 0 amide bonds. The summed E-state index contributed by atoms with van der Waals surface area (Å²) in [7, 11) is 1.30. The number of carbonyl (C=O) groups is 1. The van der Waals surface area contributed by atoms with E-state index in [-0.39, 0.29) is 30.4 Å². The van der Waals surface area contributed by atoms with E-state index >= 15 is 0 Å². The topological polar surface area (TPSA) is 48.4 Å². The summed E-state index contributed by atoms with van der Waals surface area (Å²) in [5.74, 6) is -0.614. The molecule has 0 aliphatic rings. The Kier molecular flexibility index (Phi) is 5.95. The largest absolute Gasteiger partial charge is 0.481 e. The van der Waals surface area contributed by atoms with Gasteiger partial charge < -0.3 is 9.47 Å². The van der Waals surface area contributed by atoms with E-state index in [2.05, 4.69) is 4.98 Å². The number of halogens is 3. The molecule has 0 N–H and O–H groups in total. The van der Waals surface area contributed by atoms with Gasteiger partial charge in [0.1, 0.15) is 5.69 Å². The van der Waals surface area contributed by atoms with Crippen molar-refractivity contribution in [3.05, 3.63) is 22.9 Å². The fourth-order valence-corrected chi connectivity index (χ4v) is 1.78. The number of nitrogens with zero attached hydrogens (tertiary/aromatic N) is 1. The highest BCUT2D eigenvalue weighted by molar-refractivity contribution is 6.17. The number of hydrogen-bond donors (Lipinski definition) is 0. The van der Waals surface area contributed by atoms with E-state index < -0.39 is 18.1 Å². The molecule has 7 heteroatoms. The molecule has 1 aromatic heterocycles. The van der Waals surface area contributed by atoms with Gasteiger partial charge in [0.2, 0.25) is 5.88 Å². The Labute approximate surface area is 114 Å². The van der Waals surface area contributed by atoms with E-state index in [1.807, 2.05) is 0 Å². The van der Waals surface area contributed by atoms with Crippen LogP contribution in [0.1, 0.15) is 30.2 Å². The molecule has 0 atom stereocenters. The van der Waals surface area contributed by atoms with Gasteiger partial charge in [-0.3, -0.25) is 4.79 Å². The first-order valence-electron chi connectivity index (χ1n) is 5.59. The van der Waals surface area contributed by atoms with E-state index in [4.69, 9.17) is 21.1 Å². The van der Waals surface area contributed by atoms with Crippen LogP contribution in [0.4, 0.5) is 8.78 Å². The number of carbonyl (C=O) groups excluding carboxylic acids is 1. The van der Waals surface area contributed by atoms with Gasteiger partial charge in [-0.15, -0.1) is 11.6 Å². The van der Waals surface area contributed by atoms with Crippen molar-refractivity contribution in [2.24, 2.45) is 0 Å². The van der Waals surface area contributed by atoms with Crippen LogP contribution in [-0.4, -0.2) is 24.7 Å². The lowest BCUT2D eigenvalue weighted by atomic mass is 10.1. The molecule has 0 aliphatic carbocycles. The van der Waals surface area contributed by atoms with E-state index in [1.165, 1.54) is 13.2 Å². The summed E-state index contributed by atoms with van der Waals surface area (Å²) in [6.07, 6.45) is -2.85. The van der Waals surface area contributed by atoms with Crippen LogP contribution < -0.4 is 4.74 Å². The molecule has 0 aromatic carbocycles. The van der Waals surface area contributed by atoms with E-state index in [9.17, 15) is 13.6 Å². The number of ether oxygens (including phenoxy) is 2. The Morgan fingerprint density at radius 2 is 2.16 bits per heavy atom. The molecule has 4 nitrogen and oxygen atoms in total. The van der Waals surface area contributed by atoms with Crippen molar-refractivity contribution in [2.75, 3.05) is 13.7 Å². The molecular formula is C12H14ClF2NO3. The van der Waals surface area contributed by atoms with Gasteiger partial charge in [0.25, 0.3) is 6.43 Å². The molecule has 19 heavy (non-hydrogen) atoms. The second kappa shape index (κ2) is 7.23. The number of esters is 1. The number of aromatic nitrogens is 1. The average Bonchev–Trinajstić information content (AvgIpc) is 2.38. The Balaban J connectivity index is 3.13. The molecule has 1 aromatic rings. The van der Waals surface area contributed by atoms with Crippen molar-refractivity contribution in [3.63, 3.8) is 0 Å². The average molecular weight is 294 g/mol. The van der Waals surface area contributed by atoms with Gasteiger partial charge in [0, 0.05) is 11.4 Å². The second-order valence-corrected chi connectivity index (χ2v) is 3.88. The predicted molar refractivity (Wildman–Crippen MR) is 65.6 cm³/mol.